The number of para-hydroxylation sites is 2. The normalized spacial score (nSPS) is 19.6. The second-order valence-electron chi connectivity index (χ2n) is 9.15. The number of aliphatic imine (C=N–C) groups is 1. The molecule has 0 radical (unpaired) electrons. The third-order valence-electron chi connectivity index (χ3n) is 6.58. The predicted molar refractivity (Wildman–Crippen MR) is 132 cm³/mol. The topological polar surface area (TPSA) is 79.5 Å². The molecule has 6 nitrogen and oxygen atoms in total. The lowest BCUT2D eigenvalue weighted by Gasteiger charge is -2.33. The summed E-state index contributed by atoms with van der Waals surface area (Å²) in [5.74, 6) is -1.30. The molecular formula is C28H22F2N4O2. The number of nitrogens with zero attached hydrogens (tertiary/aromatic N) is 2. The Morgan fingerprint density at radius 3 is 2.47 bits per heavy atom. The molecule has 0 bridgehead atoms. The van der Waals surface area contributed by atoms with Crippen molar-refractivity contribution in [2.45, 2.75) is 31.7 Å². The van der Waals surface area contributed by atoms with E-state index < -0.39 is 17.7 Å². The van der Waals surface area contributed by atoms with Gasteiger partial charge in [-0.15, -0.1) is 0 Å². The number of allylic oxidation sites excluding steroid dienone is 1. The highest BCUT2D eigenvalue weighted by Crippen LogP contribution is 2.41. The molecule has 8 heteroatoms. The van der Waals surface area contributed by atoms with Crippen LogP contribution in [-0.4, -0.2) is 16.7 Å². The summed E-state index contributed by atoms with van der Waals surface area (Å²) in [6, 6.07) is 18.0. The maximum Gasteiger partial charge on any atom is 0.302 e. The van der Waals surface area contributed by atoms with Crippen LogP contribution < -0.4 is 10.6 Å². The number of oxazole rings is 1. The Bertz CT molecular complexity index is 1500. The van der Waals surface area contributed by atoms with Crippen LogP contribution in [0, 0.1) is 18.6 Å². The largest absolute Gasteiger partial charge is 0.423 e. The average Bonchev–Trinajstić information content (AvgIpc) is 3.25. The SMILES string of the molecule is Cc1ccc(C2CC(=O)C3=C(C2)NC(Nc2nc4ccccc4o2)=NC3c2cc(F)cc(F)c2)cc1. The van der Waals surface area contributed by atoms with Gasteiger partial charge in [0.15, 0.2) is 11.4 Å². The Hall–Kier alpha value is -4.33. The number of fused-ring (bicyclic) bond motifs is 1. The number of benzene rings is 3. The molecule has 0 fully saturated rings. The number of guanidine groups is 1. The predicted octanol–water partition coefficient (Wildman–Crippen LogP) is 5.93. The maximum atomic E-state index is 14.1. The van der Waals surface area contributed by atoms with Crippen molar-refractivity contribution in [2.24, 2.45) is 4.99 Å². The smallest absolute Gasteiger partial charge is 0.302 e. The number of aromatic nitrogens is 1. The van der Waals surface area contributed by atoms with Gasteiger partial charge in [-0.1, -0.05) is 42.0 Å². The van der Waals surface area contributed by atoms with Crippen LogP contribution in [0.2, 0.25) is 0 Å². The second-order valence-corrected chi connectivity index (χ2v) is 9.15. The van der Waals surface area contributed by atoms with E-state index in [0.717, 1.165) is 17.2 Å². The number of hydrogen-bond donors (Lipinski definition) is 2. The van der Waals surface area contributed by atoms with Crippen molar-refractivity contribution in [3.8, 4) is 0 Å². The summed E-state index contributed by atoms with van der Waals surface area (Å²) < 4.78 is 34.0. The van der Waals surface area contributed by atoms with Gasteiger partial charge in [0.05, 0.1) is 0 Å². The molecule has 1 aromatic heterocycles. The molecule has 1 aliphatic heterocycles. The number of aryl methyl sites for hydroxylation is 1. The summed E-state index contributed by atoms with van der Waals surface area (Å²) in [6.07, 6.45) is 0.841. The molecule has 2 N–H and O–H groups in total. The van der Waals surface area contributed by atoms with Crippen molar-refractivity contribution < 1.29 is 18.0 Å². The van der Waals surface area contributed by atoms with E-state index in [1.807, 2.05) is 49.4 Å². The van der Waals surface area contributed by atoms with Crippen molar-refractivity contribution >= 4 is 28.9 Å². The molecule has 3 aromatic carbocycles. The van der Waals surface area contributed by atoms with Crippen molar-refractivity contribution in [1.82, 2.24) is 10.3 Å². The monoisotopic (exact) mass is 484 g/mol. The second kappa shape index (κ2) is 8.71. The molecule has 1 aliphatic carbocycles. The summed E-state index contributed by atoms with van der Waals surface area (Å²) in [6.45, 7) is 2.02. The van der Waals surface area contributed by atoms with E-state index in [0.29, 0.717) is 35.2 Å². The standard InChI is InChI=1S/C28H22F2N4O2/c1-15-6-8-16(9-7-15)17-12-22-25(23(35)13-17)26(18-10-19(29)14-20(30)11-18)33-27(31-22)34-28-32-21-4-2-3-5-24(21)36-28/h2-11,14,17,26H,12-13H2,1H3,(H2,31,32,33,34). The summed E-state index contributed by atoms with van der Waals surface area (Å²) in [4.78, 5) is 22.5. The van der Waals surface area contributed by atoms with Gasteiger partial charge >= 0.3 is 6.01 Å². The lowest BCUT2D eigenvalue weighted by atomic mass is 9.78. The molecule has 2 aliphatic rings. The van der Waals surface area contributed by atoms with Gasteiger partial charge in [0.1, 0.15) is 23.2 Å². The number of carbonyl (C=O) groups is 1. The zero-order valence-corrected chi connectivity index (χ0v) is 19.4. The van der Waals surface area contributed by atoms with E-state index in [4.69, 9.17) is 4.42 Å². The zero-order chi connectivity index (χ0) is 24.8. The fraction of sp³-hybridized carbons (Fsp3) is 0.179. The van der Waals surface area contributed by atoms with E-state index in [1.165, 1.54) is 12.1 Å². The molecule has 36 heavy (non-hydrogen) atoms. The number of halogens is 2. The molecule has 4 aromatic rings. The fourth-order valence-electron chi connectivity index (χ4n) is 4.87. The van der Waals surface area contributed by atoms with Crippen LogP contribution in [0.3, 0.4) is 0 Å². The van der Waals surface area contributed by atoms with Gasteiger partial charge in [0, 0.05) is 23.8 Å². The van der Waals surface area contributed by atoms with E-state index >= 15 is 0 Å². The highest BCUT2D eigenvalue weighted by atomic mass is 19.1. The molecule has 0 saturated carbocycles. The molecule has 0 amide bonds. The van der Waals surface area contributed by atoms with Crippen LogP contribution in [0.5, 0.6) is 0 Å². The zero-order valence-electron chi connectivity index (χ0n) is 19.4. The van der Waals surface area contributed by atoms with Crippen LogP contribution >= 0.6 is 0 Å². The van der Waals surface area contributed by atoms with Gasteiger partial charge in [-0.05, 0) is 54.7 Å². The highest BCUT2D eigenvalue weighted by molar-refractivity contribution is 6.03. The molecule has 0 saturated heterocycles. The van der Waals surface area contributed by atoms with Gasteiger partial charge < -0.3 is 9.73 Å². The summed E-state index contributed by atoms with van der Waals surface area (Å²) in [7, 11) is 0. The minimum absolute atomic E-state index is 0.0297. The molecule has 2 unspecified atom stereocenters. The van der Waals surface area contributed by atoms with E-state index in [9.17, 15) is 13.6 Å². The number of hydrogen-bond acceptors (Lipinski definition) is 6. The van der Waals surface area contributed by atoms with Crippen molar-refractivity contribution in [1.29, 1.82) is 0 Å². The van der Waals surface area contributed by atoms with Crippen molar-refractivity contribution in [2.75, 3.05) is 5.32 Å². The lowest BCUT2D eigenvalue weighted by Crippen LogP contribution is -2.40. The summed E-state index contributed by atoms with van der Waals surface area (Å²) >= 11 is 0. The summed E-state index contributed by atoms with van der Waals surface area (Å²) in [5.41, 5.74) is 4.83. The first kappa shape index (κ1) is 22.2. The Kier molecular flexibility index (Phi) is 5.36. The van der Waals surface area contributed by atoms with Crippen LogP contribution in [0.15, 0.2) is 87.4 Å². The molecule has 6 rings (SSSR count). The number of ketones is 1. The molecular weight excluding hydrogens is 462 g/mol. The fourth-order valence-corrected chi connectivity index (χ4v) is 4.87. The Balaban J connectivity index is 1.39. The molecule has 0 spiro atoms. The van der Waals surface area contributed by atoms with Crippen molar-refractivity contribution in [3.63, 3.8) is 0 Å². The Morgan fingerprint density at radius 1 is 0.972 bits per heavy atom. The first-order valence-electron chi connectivity index (χ1n) is 11.7. The average molecular weight is 485 g/mol. The Morgan fingerprint density at radius 2 is 1.72 bits per heavy atom. The number of carbonyl (C=O) groups excluding carboxylic acids is 1. The third-order valence-corrected chi connectivity index (χ3v) is 6.58. The first-order chi connectivity index (χ1) is 17.4. The summed E-state index contributed by atoms with van der Waals surface area (Å²) in [5, 5.41) is 6.27. The maximum absolute atomic E-state index is 14.1. The van der Waals surface area contributed by atoms with Gasteiger partial charge in [-0.25, -0.2) is 13.8 Å². The van der Waals surface area contributed by atoms with E-state index in [1.54, 1.807) is 6.07 Å². The number of Topliss-reactive ketones (excluding diaryl/α,β-unsaturated/α-hetero) is 1. The van der Waals surface area contributed by atoms with Gasteiger partial charge in [0.25, 0.3) is 0 Å². The lowest BCUT2D eigenvalue weighted by molar-refractivity contribution is -0.116. The van der Waals surface area contributed by atoms with Gasteiger partial charge in [-0.2, -0.15) is 4.98 Å². The number of anilines is 1. The van der Waals surface area contributed by atoms with Crippen LogP contribution in [0.4, 0.5) is 14.8 Å². The number of rotatable bonds is 3. The van der Waals surface area contributed by atoms with E-state index in [-0.39, 0.29) is 29.2 Å². The quantitative estimate of drug-likeness (QED) is 0.377. The van der Waals surface area contributed by atoms with E-state index in [2.05, 4.69) is 20.6 Å². The highest BCUT2D eigenvalue weighted by Gasteiger charge is 2.37. The number of nitrogens with one attached hydrogen (secondary N) is 2. The Labute approximate surface area is 205 Å². The molecule has 2 atom stereocenters. The van der Waals surface area contributed by atoms with Crippen molar-refractivity contribution in [3.05, 3.63) is 106 Å². The van der Waals surface area contributed by atoms with Gasteiger partial charge in [0.2, 0.25) is 5.96 Å². The third kappa shape index (κ3) is 4.15. The van der Waals surface area contributed by atoms with Gasteiger partial charge in [-0.3, -0.25) is 10.1 Å². The minimum Gasteiger partial charge on any atom is -0.423 e. The molecule has 180 valence electrons. The molecule has 2 heterocycles. The first-order valence-corrected chi connectivity index (χ1v) is 11.7. The minimum atomic E-state index is -0.871. The van der Waals surface area contributed by atoms with Crippen LogP contribution in [-0.2, 0) is 4.79 Å². The van der Waals surface area contributed by atoms with Crippen LogP contribution in [0.25, 0.3) is 11.1 Å². The van der Waals surface area contributed by atoms with Crippen LogP contribution in [0.1, 0.15) is 41.5 Å².